The van der Waals surface area contributed by atoms with Crippen molar-refractivity contribution in [1.82, 2.24) is 25.2 Å². The molecule has 0 spiro atoms. The van der Waals surface area contributed by atoms with Crippen molar-refractivity contribution in [3.05, 3.63) is 78.9 Å². The minimum absolute atomic E-state index is 0.677. The first-order valence-electron chi connectivity index (χ1n) is 11.9. The molecular formula is C28H32N6. The monoisotopic (exact) mass is 452 g/mol. The highest BCUT2D eigenvalue weighted by Crippen LogP contribution is 2.36. The summed E-state index contributed by atoms with van der Waals surface area (Å²) in [4.78, 5) is 18.9. The summed E-state index contributed by atoms with van der Waals surface area (Å²) in [7, 11) is 4.03. The Morgan fingerprint density at radius 1 is 1.09 bits per heavy atom. The molecule has 4 heterocycles. The van der Waals surface area contributed by atoms with Crippen molar-refractivity contribution in [2.24, 2.45) is 11.8 Å². The van der Waals surface area contributed by atoms with Gasteiger partial charge in [-0.05, 0) is 47.6 Å². The van der Waals surface area contributed by atoms with Crippen LogP contribution in [0.3, 0.4) is 0 Å². The Kier molecular flexibility index (Phi) is 6.16. The zero-order valence-corrected chi connectivity index (χ0v) is 20.2. The van der Waals surface area contributed by atoms with E-state index in [9.17, 15) is 0 Å². The zero-order chi connectivity index (χ0) is 23.7. The second-order valence-corrected chi connectivity index (χ2v) is 9.60. The van der Waals surface area contributed by atoms with E-state index in [4.69, 9.17) is 9.97 Å². The van der Waals surface area contributed by atoms with Gasteiger partial charge in [0.05, 0.1) is 0 Å². The Hall–Kier alpha value is -3.51. The first-order chi connectivity index (χ1) is 16.5. The first kappa shape index (κ1) is 22.3. The second kappa shape index (κ2) is 9.39. The van der Waals surface area contributed by atoms with Crippen LogP contribution in [0, 0.1) is 18.8 Å². The van der Waals surface area contributed by atoms with Gasteiger partial charge in [-0.2, -0.15) is 0 Å². The Bertz CT molecular complexity index is 1220. The van der Waals surface area contributed by atoms with Crippen molar-refractivity contribution >= 4 is 11.4 Å². The van der Waals surface area contributed by atoms with Crippen molar-refractivity contribution in [1.29, 1.82) is 0 Å². The fraction of sp³-hybridized carbons (Fsp3) is 0.321. The molecule has 5 rings (SSSR count). The average Bonchev–Trinajstić information content (AvgIpc) is 3.45. The number of aryl methyl sites for hydroxylation is 1. The van der Waals surface area contributed by atoms with Crippen LogP contribution in [0.2, 0.25) is 0 Å². The van der Waals surface area contributed by atoms with Gasteiger partial charge in [-0.25, -0.2) is 9.97 Å². The average molecular weight is 453 g/mol. The number of benzene rings is 1. The first-order valence-corrected chi connectivity index (χ1v) is 11.9. The highest BCUT2D eigenvalue weighted by atomic mass is 15.2. The Morgan fingerprint density at radius 2 is 1.88 bits per heavy atom. The minimum atomic E-state index is 0.677. The fourth-order valence-corrected chi connectivity index (χ4v) is 5.05. The molecule has 0 aliphatic carbocycles. The molecule has 2 saturated heterocycles. The molecule has 34 heavy (non-hydrogen) atoms. The highest BCUT2D eigenvalue weighted by Gasteiger charge is 2.37. The van der Waals surface area contributed by atoms with E-state index in [1.54, 1.807) is 0 Å². The summed E-state index contributed by atoms with van der Waals surface area (Å²) < 4.78 is 0. The van der Waals surface area contributed by atoms with Crippen LogP contribution in [0.5, 0.6) is 0 Å². The molecule has 6 heteroatoms. The normalized spacial score (nSPS) is 19.9. The van der Waals surface area contributed by atoms with E-state index in [2.05, 4.69) is 65.2 Å². The Balaban J connectivity index is 1.57. The van der Waals surface area contributed by atoms with Gasteiger partial charge < -0.3 is 15.1 Å². The van der Waals surface area contributed by atoms with E-state index in [0.29, 0.717) is 11.8 Å². The molecule has 0 radical (unpaired) electrons. The second-order valence-electron chi connectivity index (χ2n) is 9.60. The maximum Gasteiger partial charge on any atom is 0.161 e. The van der Waals surface area contributed by atoms with Gasteiger partial charge in [-0.1, -0.05) is 30.9 Å². The molecule has 2 atom stereocenters. The molecule has 0 bridgehead atoms. The third-order valence-corrected chi connectivity index (χ3v) is 6.71. The number of allylic oxidation sites excluding steroid dienone is 2. The van der Waals surface area contributed by atoms with Gasteiger partial charge >= 0.3 is 0 Å². The summed E-state index contributed by atoms with van der Waals surface area (Å²) in [6.07, 6.45) is 9.72. The molecule has 2 aliphatic rings. The van der Waals surface area contributed by atoms with Crippen molar-refractivity contribution in [2.45, 2.75) is 6.92 Å². The number of anilines is 1. The number of hydrogen-bond acceptors (Lipinski definition) is 6. The molecule has 2 fully saturated rings. The summed E-state index contributed by atoms with van der Waals surface area (Å²) in [5.74, 6) is 3.10. The summed E-state index contributed by atoms with van der Waals surface area (Å²) in [5.41, 5.74) is 6.40. The number of fused-ring (bicyclic) bond motifs is 1. The molecule has 0 saturated carbocycles. The molecule has 3 aromatic rings. The van der Waals surface area contributed by atoms with Crippen LogP contribution in [0.15, 0.2) is 67.8 Å². The van der Waals surface area contributed by atoms with Gasteiger partial charge in [0.15, 0.2) is 5.82 Å². The lowest BCUT2D eigenvalue weighted by Gasteiger charge is -2.22. The zero-order valence-electron chi connectivity index (χ0n) is 20.2. The summed E-state index contributed by atoms with van der Waals surface area (Å²) >= 11 is 0. The van der Waals surface area contributed by atoms with Crippen LogP contribution in [0.25, 0.3) is 28.1 Å². The summed E-state index contributed by atoms with van der Waals surface area (Å²) in [6.45, 7) is 10.3. The van der Waals surface area contributed by atoms with Crippen molar-refractivity contribution in [3.8, 4) is 22.5 Å². The molecule has 2 unspecified atom stereocenters. The Morgan fingerprint density at radius 3 is 2.59 bits per heavy atom. The number of nitrogens with zero attached hydrogens (tertiary/aromatic N) is 5. The molecule has 0 amide bonds. The van der Waals surface area contributed by atoms with Crippen molar-refractivity contribution in [3.63, 3.8) is 0 Å². The lowest BCUT2D eigenvalue weighted by Crippen LogP contribution is -2.27. The number of nitrogens with one attached hydrogen (secondary N) is 1. The predicted octanol–water partition coefficient (Wildman–Crippen LogP) is 4.26. The van der Waals surface area contributed by atoms with Crippen LogP contribution in [-0.2, 0) is 0 Å². The molecule has 174 valence electrons. The highest BCUT2D eigenvalue weighted by molar-refractivity contribution is 5.79. The third kappa shape index (κ3) is 4.46. The maximum absolute atomic E-state index is 5.16. The number of aromatic nitrogens is 3. The number of hydrogen-bond donors (Lipinski definition) is 1. The lowest BCUT2D eigenvalue weighted by atomic mass is 10.0. The van der Waals surface area contributed by atoms with E-state index in [-0.39, 0.29) is 0 Å². The summed E-state index contributed by atoms with van der Waals surface area (Å²) in [6, 6.07) is 10.5. The molecule has 1 aromatic carbocycles. The minimum Gasteiger partial charge on any atom is -0.383 e. The van der Waals surface area contributed by atoms with Crippen LogP contribution in [0.1, 0.15) is 11.1 Å². The van der Waals surface area contributed by atoms with Crippen molar-refractivity contribution in [2.75, 3.05) is 45.2 Å². The van der Waals surface area contributed by atoms with Gasteiger partial charge in [0.2, 0.25) is 0 Å². The topological polar surface area (TPSA) is 57.2 Å². The molecule has 2 aromatic heterocycles. The standard InChI is InChI=1S/C28H32N6/c1-5-20(16-33(3)4)21-7-6-8-22(10-21)27-31-15-26(23-9-19(2)11-29-12-23)28(32-27)34-17-24-13-30-14-25(24)18-34/h5-12,15-16,24-25,30H,1,13-14,17-18H2,2-4H3/b20-16+. The van der Waals surface area contributed by atoms with Crippen LogP contribution in [-0.4, -0.2) is 60.1 Å². The van der Waals surface area contributed by atoms with Crippen molar-refractivity contribution < 1.29 is 0 Å². The van der Waals surface area contributed by atoms with Gasteiger partial charge in [0.25, 0.3) is 0 Å². The van der Waals surface area contributed by atoms with Gasteiger partial charge in [-0.15, -0.1) is 0 Å². The van der Waals surface area contributed by atoms with E-state index < -0.39 is 0 Å². The molecule has 1 N–H and O–H groups in total. The van der Waals surface area contributed by atoms with E-state index >= 15 is 0 Å². The van der Waals surface area contributed by atoms with E-state index in [0.717, 1.165) is 71.2 Å². The molecule has 2 aliphatic heterocycles. The Labute approximate surface area is 202 Å². The van der Waals surface area contributed by atoms with Gasteiger partial charge in [0, 0.05) is 81.8 Å². The van der Waals surface area contributed by atoms with Crippen LogP contribution >= 0.6 is 0 Å². The number of pyridine rings is 1. The fourth-order valence-electron chi connectivity index (χ4n) is 5.05. The SMILES string of the molecule is C=C/C(=C\N(C)C)c1cccc(-c2ncc(-c3cncc(C)c3)c(N3CC4CNCC4C3)n2)c1. The summed E-state index contributed by atoms with van der Waals surface area (Å²) in [5, 5.41) is 3.54. The van der Waals surface area contributed by atoms with Crippen LogP contribution < -0.4 is 10.2 Å². The van der Waals surface area contributed by atoms with E-state index in [1.807, 2.05) is 43.7 Å². The smallest absolute Gasteiger partial charge is 0.161 e. The number of rotatable bonds is 6. The van der Waals surface area contributed by atoms with Crippen LogP contribution in [0.4, 0.5) is 5.82 Å². The van der Waals surface area contributed by atoms with E-state index in [1.165, 1.54) is 0 Å². The third-order valence-electron chi connectivity index (χ3n) is 6.71. The lowest BCUT2D eigenvalue weighted by molar-refractivity contribution is 0.533. The molecule has 6 nitrogen and oxygen atoms in total. The maximum atomic E-state index is 5.16. The quantitative estimate of drug-likeness (QED) is 0.564. The predicted molar refractivity (Wildman–Crippen MR) is 139 cm³/mol. The largest absolute Gasteiger partial charge is 0.383 e. The van der Waals surface area contributed by atoms with Gasteiger partial charge in [-0.3, -0.25) is 4.98 Å². The molecular weight excluding hydrogens is 420 g/mol. The van der Waals surface area contributed by atoms with Gasteiger partial charge in [0.1, 0.15) is 5.82 Å².